The number of hydrogen-bond donors (Lipinski definition) is 1. The molecule has 1 aliphatic rings. The summed E-state index contributed by atoms with van der Waals surface area (Å²) in [4.78, 5) is 18.6. The summed E-state index contributed by atoms with van der Waals surface area (Å²) < 4.78 is 12.8. The molecule has 0 aliphatic carbocycles. The maximum atomic E-state index is 12.6. The lowest BCUT2D eigenvalue weighted by Crippen LogP contribution is -2.27. The third kappa shape index (κ3) is 3.37. The van der Waals surface area contributed by atoms with Crippen LogP contribution in [0.5, 0.6) is 0 Å². The van der Waals surface area contributed by atoms with Crippen LogP contribution < -0.4 is 10.2 Å². The average Bonchev–Trinajstić information content (AvgIpc) is 3.17. The van der Waals surface area contributed by atoms with Crippen LogP contribution in [0.2, 0.25) is 0 Å². The highest BCUT2D eigenvalue weighted by molar-refractivity contribution is 5.94. The third-order valence-corrected chi connectivity index (χ3v) is 4.18. The minimum atomic E-state index is -0.241. The van der Waals surface area contributed by atoms with Gasteiger partial charge in [0.15, 0.2) is 5.69 Å². The Labute approximate surface area is 146 Å². The van der Waals surface area contributed by atoms with Crippen LogP contribution in [0.4, 0.5) is 5.95 Å². The Kier molecular flexibility index (Phi) is 4.76. The molecular weight excluding hydrogens is 324 g/mol. The molecule has 0 spiro atoms. The molecule has 0 radical (unpaired) electrons. The second-order valence-electron chi connectivity index (χ2n) is 6.39. The van der Waals surface area contributed by atoms with E-state index < -0.39 is 0 Å². The van der Waals surface area contributed by atoms with Crippen molar-refractivity contribution in [2.24, 2.45) is 0 Å². The monoisotopic (exact) mass is 348 g/mol. The maximum Gasteiger partial charge on any atom is 0.272 e. The number of anilines is 1. The molecule has 25 heavy (non-hydrogen) atoms. The standard InChI is InChI=1S/C16H24N6O3/c1-6-22-14-10(3)24-9(2)7-11(14)13(19-22)15(23)17-8-12-18-16(20-25-12)21(4)5/h9-10H,6-8H2,1-5H3,(H,17,23)/t9-,10+/m1/s1. The molecule has 0 saturated carbocycles. The van der Waals surface area contributed by atoms with Gasteiger partial charge in [-0.3, -0.25) is 9.48 Å². The predicted octanol–water partition coefficient (Wildman–Crippen LogP) is 1.30. The molecule has 0 unspecified atom stereocenters. The Morgan fingerprint density at radius 2 is 2.16 bits per heavy atom. The van der Waals surface area contributed by atoms with Crippen molar-refractivity contribution < 1.29 is 14.1 Å². The second-order valence-corrected chi connectivity index (χ2v) is 6.39. The molecule has 136 valence electrons. The van der Waals surface area contributed by atoms with Crippen molar-refractivity contribution in [1.82, 2.24) is 25.2 Å². The largest absolute Gasteiger partial charge is 0.369 e. The van der Waals surface area contributed by atoms with Crippen molar-refractivity contribution in [3.05, 3.63) is 22.8 Å². The lowest BCUT2D eigenvalue weighted by Gasteiger charge is -2.26. The summed E-state index contributed by atoms with van der Waals surface area (Å²) in [6.45, 7) is 6.85. The van der Waals surface area contributed by atoms with Crippen molar-refractivity contribution in [2.45, 2.75) is 52.5 Å². The number of nitrogens with zero attached hydrogens (tertiary/aromatic N) is 5. The van der Waals surface area contributed by atoms with Gasteiger partial charge in [-0.15, -0.1) is 0 Å². The van der Waals surface area contributed by atoms with Gasteiger partial charge in [-0.25, -0.2) is 0 Å². The van der Waals surface area contributed by atoms with E-state index in [-0.39, 0.29) is 24.7 Å². The quantitative estimate of drug-likeness (QED) is 0.869. The van der Waals surface area contributed by atoms with E-state index in [9.17, 15) is 4.79 Å². The first kappa shape index (κ1) is 17.4. The minimum Gasteiger partial charge on any atom is -0.369 e. The molecule has 1 aliphatic heterocycles. The number of carbonyl (C=O) groups excluding carboxylic acids is 1. The van der Waals surface area contributed by atoms with Crippen molar-refractivity contribution in [3.8, 4) is 0 Å². The number of nitrogens with one attached hydrogen (secondary N) is 1. The van der Waals surface area contributed by atoms with Gasteiger partial charge in [-0.2, -0.15) is 10.1 Å². The van der Waals surface area contributed by atoms with Crippen LogP contribution in [0, 0.1) is 0 Å². The minimum absolute atomic E-state index is 0.0575. The van der Waals surface area contributed by atoms with Gasteiger partial charge in [0.05, 0.1) is 24.4 Å². The number of aromatic nitrogens is 4. The molecule has 0 bridgehead atoms. The van der Waals surface area contributed by atoms with Crippen LogP contribution in [0.1, 0.15) is 54.5 Å². The number of hydrogen-bond acceptors (Lipinski definition) is 7. The normalized spacial score (nSPS) is 19.6. The van der Waals surface area contributed by atoms with E-state index in [1.165, 1.54) is 0 Å². The molecule has 0 fully saturated rings. The van der Waals surface area contributed by atoms with E-state index in [0.29, 0.717) is 30.5 Å². The summed E-state index contributed by atoms with van der Waals surface area (Å²) in [5.41, 5.74) is 2.40. The summed E-state index contributed by atoms with van der Waals surface area (Å²) in [6, 6.07) is 0. The van der Waals surface area contributed by atoms with Gasteiger partial charge < -0.3 is 19.5 Å². The van der Waals surface area contributed by atoms with Crippen molar-refractivity contribution in [2.75, 3.05) is 19.0 Å². The van der Waals surface area contributed by atoms with Crippen LogP contribution in [-0.2, 0) is 24.2 Å². The molecule has 9 nitrogen and oxygen atoms in total. The number of rotatable bonds is 5. The number of fused-ring (bicyclic) bond motifs is 1. The molecular formula is C16H24N6O3. The lowest BCUT2D eigenvalue weighted by molar-refractivity contribution is -0.00948. The van der Waals surface area contributed by atoms with Gasteiger partial charge in [0.2, 0.25) is 5.89 Å². The Hall–Kier alpha value is -2.42. The SMILES string of the molecule is CCn1nc(C(=O)NCc2nc(N(C)C)no2)c2c1[C@H](C)O[C@H](C)C2. The number of amides is 1. The summed E-state index contributed by atoms with van der Waals surface area (Å²) >= 11 is 0. The second kappa shape index (κ2) is 6.83. The average molecular weight is 348 g/mol. The molecule has 0 saturated heterocycles. The van der Waals surface area contributed by atoms with E-state index >= 15 is 0 Å². The zero-order valence-corrected chi connectivity index (χ0v) is 15.2. The summed E-state index contributed by atoms with van der Waals surface area (Å²) in [5.74, 6) is 0.581. The van der Waals surface area contributed by atoms with E-state index in [2.05, 4.69) is 20.6 Å². The molecule has 3 heterocycles. The fraction of sp³-hybridized carbons (Fsp3) is 0.625. The molecule has 9 heteroatoms. The van der Waals surface area contributed by atoms with Crippen LogP contribution in [0.15, 0.2) is 4.52 Å². The zero-order valence-electron chi connectivity index (χ0n) is 15.2. The Balaban J connectivity index is 1.78. The highest BCUT2D eigenvalue weighted by atomic mass is 16.5. The van der Waals surface area contributed by atoms with Gasteiger partial charge in [0, 0.05) is 32.6 Å². The lowest BCUT2D eigenvalue weighted by atomic mass is 9.99. The first-order valence-corrected chi connectivity index (χ1v) is 8.43. The number of ether oxygens (including phenoxy) is 1. The molecule has 1 N–H and O–H groups in total. The smallest absolute Gasteiger partial charge is 0.272 e. The molecule has 1 amide bonds. The zero-order chi connectivity index (χ0) is 18.1. The Morgan fingerprint density at radius 3 is 2.80 bits per heavy atom. The molecule has 2 aromatic heterocycles. The van der Waals surface area contributed by atoms with Crippen molar-refractivity contribution in [3.63, 3.8) is 0 Å². The van der Waals surface area contributed by atoms with Crippen LogP contribution >= 0.6 is 0 Å². The summed E-state index contributed by atoms with van der Waals surface area (Å²) in [6.07, 6.45) is 0.654. The topological polar surface area (TPSA) is 98.3 Å². The van der Waals surface area contributed by atoms with Gasteiger partial charge in [0.25, 0.3) is 11.9 Å². The highest BCUT2D eigenvalue weighted by Crippen LogP contribution is 2.32. The van der Waals surface area contributed by atoms with Crippen LogP contribution in [-0.4, -0.2) is 46.0 Å². The van der Waals surface area contributed by atoms with E-state index in [1.807, 2.05) is 39.5 Å². The third-order valence-electron chi connectivity index (χ3n) is 4.18. The molecule has 2 atom stereocenters. The molecule has 3 rings (SSSR count). The van der Waals surface area contributed by atoms with E-state index in [4.69, 9.17) is 9.26 Å². The highest BCUT2D eigenvalue weighted by Gasteiger charge is 2.31. The number of carbonyl (C=O) groups is 1. The first-order valence-electron chi connectivity index (χ1n) is 8.43. The predicted molar refractivity (Wildman–Crippen MR) is 90.4 cm³/mol. The van der Waals surface area contributed by atoms with E-state index in [1.54, 1.807) is 4.90 Å². The van der Waals surface area contributed by atoms with Crippen molar-refractivity contribution >= 4 is 11.9 Å². The molecule has 2 aromatic rings. The van der Waals surface area contributed by atoms with Gasteiger partial charge in [0.1, 0.15) is 0 Å². The maximum absolute atomic E-state index is 12.6. The van der Waals surface area contributed by atoms with Gasteiger partial charge in [-0.05, 0) is 25.9 Å². The van der Waals surface area contributed by atoms with Crippen molar-refractivity contribution in [1.29, 1.82) is 0 Å². The Morgan fingerprint density at radius 1 is 1.40 bits per heavy atom. The van der Waals surface area contributed by atoms with E-state index in [0.717, 1.165) is 11.3 Å². The fourth-order valence-electron chi connectivity index (χ4n) is 3.08. The fourth-order valence-corrected chi connectivity index (χ4v) is 3.08. The molecule has 0 aromatic carbocycles. The van der Waals surface area contributed by atoms with Gasteiger partial charge >= 0.3 is 0 Å². The summed E-state index contributed by atoms with van der Waals surface area (Å²) in [7, 11) is 3.64. The Bertz CT molecular complexity index is 766. The van der Waals surface area contributed by atoms with Crippen LogP contribution in [0.25, 0.3) is 0 Å². The first-order chi connectivity index (χ1) is 11.9. The van der Waals surface area contributed by atoms with Gasteiger partial charge in [-0.1, -0.05) is 0 Å². The number of aryl methyl sites for hydroxylation is 1. The summed E-state index contributed by atoms with van der Waals surface area (Å²) in [5, 5.41) is 11.1. The van der Waals surface area contributed by atoms with Crippen LogP contribution in [0.3, 0.4) is 0 Å².